The second kappa shape index (κ2) is 6.94. The van der Waals surface area contributed by atoms with Crippen molar-refractivity contribution in [2.45, 2.75) is 25.0 Å². The number of nitrogens with zero attached hydrogens (tertiary/aromatic N) is 1. The van der Waals surface area contributed by atoms with E-state index >= 15 is 0 Å². The van der Waals surface area contributed by atoms with Crippen molar-refractivity contribution in [1.82, 2.24) is 9.88 Å². The SMILES string of the molecule is OC(COc1ccc(F)cc1)CN1CCCC1c1ccc[nH]1. The summed E-state index contributed by atoms with van der Waals surface area (Å²) in [6.07, 6.45) is 3.60. The Balaban J connectivity index is 1.50. The number of H-pyrrole nitrogens is 1. The van der Waals surface area contributed by atoms with E-state index in [-0.39, 0.29) is 12.4 Å². The fourth-order valence-corrected chi connectivity index (χ4v) is 3.00. The van der Waals surface area contributed by atoms with E-state index in [1.54, 1.807) is 12.1 Å². The van der Waals surface area contributed by atoms with Crippen LogP contribution >= 0.6 is 0 Å². The number of rotatable bonds is 6. The number of aliphatic hydroxyl groups is 1. The topological polar surface area (TPSA) is 48.5 Å². The standard InChI is InChI=1S/C17H21FN2O2/c18-13-5-7-15(8-6-13)22-12-14(21)11-20-10-2-4-17(20)16-3-1-9-19-16/h1,3,5-9,14,17,19,21H,2,4,10-12H2. The van der Waals surface area contributed by atoms with Crippen LogP contribution in [0.2, 0.25) is 0 Å². The van der Waals surface area contributed by atoms with E-state index < -0.39 is 6.10 Å². The zero-order valence-corrected chi connectivity index (χ0v) is 12.4. The predicted molar refractivity (Wildman–Crippen MR) is 82.2 cm³/mol. The second-order valence-corrected chi connectivity index (χ2v) is 5.70. The van der Waals surface area contributed by atoms with Gasteiger partial charge in [-0.15, -0.1) is 0 Å². The smallest absolute Gasteiger partial charge is 0.123 e. The van der Waals surface area contributed by atoms with Crippen LogP contribution in [0.5, 0.6) is 5.75 Å². The number of likely N-dealkylation sites (tertiary alicyclic amines) is 1. The van der Waals surface area contributed by atoms with Crippen molar-refractivity contribution in [3.63, 3.8) is 0 Å². The molecule has 2 atom stereocenters. The number of nitrogens with one attached hydrogen (secondary N) is 1. The van der Waals surface area contributed by atoms with Crippen LogP contribution in [0.4, 0.5) is 4.39 Å². The zero-order valence-electron chi connectivity index (χ0n) is 12.4. The molecule has 1 aromatic carbocycles. The maximum atomic E-state index is 12.8. The molecule has 1 aliphatic heterocycles. The van der Waals surface area contributed by atoms with E-state index in [0.29, 0.717) is 18.3 Å². The highest BCUT2D eigenvalue weighted by molar-refractivity contribution is 5.22. The molecule has 1 aliphatic rings. The number of benzene rings is 1. The molecule has 0 saturated carbocycles. The molecular formula is C17H21FN2O2. The summed E-state index contributed by atoms with van der Waals surface area (Å²) in [5.41, 5.74) is 1.20. The molecule has 118 valence electrons. The molecule has 0 aliphatic carbocycles. The van der Waals surface area contributed by atoms with E-state index in [2.05, 4.69) is 16.0 Å². The van der Waals surface area contributed by atoms with Gasteiger partial charge in [0.2, 0.25) is 0 Å². The van der Waals surface area contributed by atoms with Gasteiger partial charge in [0.15, 0.2) is 0 Å². The van der Waals surface area contributed by atoms with Gasteiger partial charge in [-0.05, 0) is 55.8 Å². The molecule has 2 N–H and O–H groups in total. The molecule has 4 nitrogen and oxygen atoms in total. The highest BCUT2D eigenvalue weighted by Crippen LogP contribution is 2.30. The van der Waals surface area contributed by atoms with Gasteiger partial charge >= 0.3 is 0 Å². The molecule has 0 spiro atoms. The van der Waals surface area contributed by atoms with Crippen LogP contribution in [0.15, 0.2) is 42.6 Å². The van der Waals surface area contributed by atoms with Crippen molar-refractivity contribution in [2.24, 2.45) is 0 Å². The largest absolute Gasteiger partial charge is 0.491 e. The molecular weight excluding hydrogens is 283 g/mol. The Hall–Kier alpha value is -1.85. The van der Waals surface area contributed by atoms with E-state index in [4.69, 9.17) is 4.74 Å². The summed E-state index contributed by atoms with van der Waals surface area (Å²) in [7, 11) is 0. The van der Waals surface area contributed by atoms with E-state index in [9.17, 15) is 9.50 Å². The zero-order chi connectivity index (χ0) is 15.4. The first-order valence-electron chi connectivity index (χ1n) is 7.66. The van der Waals surface area contributed by atoms with Crippen LogP contribution in [-0.4, -0.2) is 40.8 Å². The van der Waals surface area contributed by atoms with Crippen molar-refractivity contribution in [3.05, 3.63) is 54.1 Å². The van der Waals surface area contributed by atoms with Crippen molar-refractivity contribution in [1.29, 1.82) is 0 Å². The van der Waals surface area contributed by atoms with Crippen molar-refractivity contribution < 1.29 is 14.2 Å². The predicted octanol–water partition coefficient (Wildman–Crippen LogP) is 2.73. The van der Waals surface area contributed by atoms with Gasteiger partial charge in [0, 0.05) is 24.5 Å². The fourth-order valence-electron chi connectivity index (χ4n) is 3.00. The summed E-state index contributed by atoms with van der Waals surface area (Å²) in [5.74, 6) is 0.279. The summed E-state index contributed by atoms with van der Waals surface area (Å²) in [6, 6.07) is 10.3. The minimum atomic E-state index is -0.569. The van der Waals surface area contributed by atoms with Gasteiger partial charge < -0.3 is 14.8 Å². The molecule has 1 saturated heterocycles. The van der Waals surface area contributed by atoms with Crippen LogP contribution in [0.3, 0.4) is 0 Å². The number of ether oxygens (including phenoxy) is 1. The van der Waals surface area contributed by atoms with E-state index in [1.807, 2.05) is 12.3 Å². The van der Waals surface area contributed by atoms with Gasteiger partial charge in [-0.25, -0.2) is 4.39 Å². The number of aromatic nitrogens is 1. The Bertz CT molecular complexity index is 571. The number of aliphatic hydroxyl groups excluding tert-OH is 1. The first-order valence-corrected chi connectivity index (χ1v) is 7.66. The maximum absolute atomic E-state index is 12.8. The third-order valence-corrected chi connectivity index (χ3v) is 4.05. The number of aromatic amines is 1. The number of hydrogen-bond donors (Lipinski definition) is 2. The molecule has 0 radical (unpaired) electrons. The molecule has 0 bridgehead atoms. The summed E-state index contributed by atoms with van der Waals surface area (Å²) < 4.78 is 18.3. The summed E-state index contributed by atoms with van der Waals surface area (Å²) in [6.45, 7) is 1.77. The Morgan fingerprint density at radius 2 is 2.14 bits per heavy atom. The molecule has 2 heterocycles. The van der Waals surface area contributed by atoms with Crippen molar-refractivity contribution in [3.8, 4) is 5.75 Å². The van der Waals surface area contributed by atoms with E-state index in [1.165, 1.54) is 17.8 Å². The quantitative estimate of drug-likeness (QED) is 0.862. The molecule has 2 aromatic rings. The molecule has 22 heavy (non-hydrogen) atoms. The molecule has 0 amide bonds. The lowest BCUT2D eigenvalue weighted by Crippen LogP contribution is -2.35. The summed E-state index contributed by atoms with van der Waals surface area (Å²) >= 11 is 0. The highest BCUT2D eigenvalue weighted by atomic mass is 19.1. The van der Waals surface area contributed by atoms with Gasteiger partial charge in [-0.2, -0.15) is 0 Å². The van der Waals surface area contributed by atoms with Crippen LogP contribution in [0.1, 0.15) is 24.6 Å². The second-order valence-electron chi connectivity index (χ2n) is 5.70. The Morgan fingerprint density at radius 1 is 1.32 bits per heavy atom. The van der Waals surface area contributed by atoms with E-state index in [0.717, 1.165) is 19.4 Å². The third-order valence-electron chi connectivity index (χ3n) is 4.05. The Labute approximate surface area is 129 Å². The lowest BCUT2D eigenvalue weighted by atomic mass is 10.1. The normalized spacial score (nSPS) is 20.2. The first kappa shape index (κ1) is 15.1. The number of β-amino-alcohol motifs (C(OH)–C–C–N with tert-alkyl or cyclic N) is 1. The number of halogens is 1. The van der Waals surface area contributed by atoms with Gasteiger partial charge in [0.25, 0.3) is 0 Å². The minimum Gasteiger partial charge on any atom is -0.491 e. The highest BCUT2D eigenvalue weighted by Gasteiger charge is 2.28. The number of hydrogen-bond acceptors (Lipinski definition) is 3. The van der Waals surface area contributed by atoms with Gasteiger partial charge in [-0.3, -0.25) is 4.90 Å². The Morgan fingerprint density at radius 3 is 2.86 bits per heavy atom. The maximum Gasteiger partial charge on any atom is 0.123 e. The first-order chi connectivity index (χ1) is 10.7. The minimum absolute atomic E-state index is 0.208. The van der Waals surface area contributed by atoms with Crippen LogP contribution in [0, 0.1) is 5.82 Å². The lowest BCUT2D eigenvalue weighted by molar-refractivity contribution is 0.0633. The molecule has 2 unspecified atom stereocenters. The van der Waals surface area contributed by atoms with Gasteiger partial charge in [0.1, 0.15) is 24.3 Å². The van der Waals surface area contributed by atoms with Crippen molar-refractivity contribution in [2.75, 3.05) is 19.7 Å². The molecule has 1 fully saturated rings. The monoisotopic (exact) mass is 304 g/mol. The van der Waals surface area contributed by atoms with Gasteiger partial charge in [-0.1, -0.05) is 0 Å². The average molecular weight is 304 g/mol. The lowest BCUT2D eigenvalue weighted by Gasteiger charge is -2.26. The fraction of sp³-hybridized carbons (Fsp3) is 0.412. The Kier molecular flexibility index (Phi) is 4.75. The van der Waals surface area contributed by atoms with Crippen LogP contribution in [0.25, 0.3) is 0 Å². The third kappa shape index (κ3) is 3.67. The van der Waals surface area contributed by atoms with Crippen LogP contribution in [-0.2, 0) is 0 Å². The molecule has 5 heteroatoms. The average Bonchev–Trinajstić information content (AvgIpc) is 3.17. The van der Waals surface area contributed by atoms with Crippen molar-refractivity contribution >= 4 is 0 Å². The molecule has 3 rings (SSSR count). The van der Waals surface area contributed by atoms with Crippen LogP contribution < -0.4 is 4.74 Å². The summed E-state index contributed by atoms with van der Waals surface area (Å²) in [5, 5.41) is 10.2. The molecule has 1 aromatic heterocycles. The summed E-state index contributed by atoms with van der Waals surface area (Å²) in [4.78, 5) is 5.54. The van der Waals surface area contributed by atoms with Gasteiger partial charge in [0.05, 0.1) is 0 Å².